The molecule has 8 heteroatoms. The Hall–Kier alpha value is -3.26. The molecule has 35 heavy (non-hydrogen) atoms. The Morgan fingerprint density at radius 1 is 0.886 bits per heavy atom. The second kappa shape index (κ2) is 10.6. The number of carbonyl (C=O) groups is 3. The van der Waals surface area contributed by atoms with Crippen LogP contribution < -0.4 is 4.90 Å². The van der Waals surface area contributed by atoms with E-state index >= 15 is 0 Å². The number of fused-ring (bicyclic) bond motifs is 1. The molecule has 1 saturated heterocycles. The number of aromatic nitrogens is 1. The number of piperazine rings is 1. The van der Waals surface area contributed by atoms with Crippen LogP contribution in [-0.2, 0) is 9.53 Å². The van der Waals surface area contributed by atoms with Crippen LogP contribution in [0.25, 0.3) is 0 Å². The van der Waals surface area contributed by atoms with E-state index in [0.717, 1.165) is 64.1 Å². The molecular formula is C27H32N4O4. The maximum absolute atomic E-state index is 13.0. The van der Waals surface area contributed by atoms with Crippen LogP contribution in [0.2, 0.25) is 0 Å². The standard InChI is InChI=1S/C27H32N4O4/c32-25-22-10-4-5-11-23(22)26(33)31(25)19-21(35-27(34)20-8-2-1-3-9-20)18-29-14-16-30(17-15-29)24-12-6-7-13-28-24/h4-7,10-13,20-21H,1-3,8-9,14-19H2. The van der Waals surface area contributed by atoms with Crippen molar-refractivity contribution in [2.24, 2.45) is 5.92 Å². The van der Waals surface area contributed by atoms with Gasteiger partial charge in [-0.2, -0.15) is 0 Å². The number of pyridine rings is 1. The molecule has 2 amide bonds. The fourth-order valence-electron chi connectivity index (χ4n) is 5.33. The van der Waals surface area contributed by atoms with Gasteiger partial charge in [-0.05, 0) is 37.1 Å². The molecule has 1 aromatic carbocycles. The van der Waals surface area contributed by atoms with Gasteiger partial charge in [0.2, 0.25) is 0 Å². The van der Waals surface area contributed by atoms with Crippen molar-refractivity contribution in [1.82, 2.24) is 14.8 Å². The lowest BCUT2D eigenvalue weighted by molar-refractivity contribution is -0.156. The van der Waals surface area contributed by atoms with Crippen LogP contribution in [0.4, 0.5) is 5.82 Å². The van der Waals surface area contributed by atoms with Gasteiger partial charge in [0.25, 0.3) is 11.8 Å². The first-order valence-electron chi connectivity index (χ1n) is 12.6. The van der Waals surface area contributed by atoms with E-state index in [1.807, 2.05) is 18.2 Å². The molecule has 1 aliphatic carbocycles. The van der Waals surface area contributed by atoms with Gasteiger partial charge in [-0.25, -0.2) is 4.98 Å². The summed E-state index contributed by atoms with van der Waals surface area (Å²) < 4.78 is 6.01. The maximum Gasteiger partial charge on any atom is 0.309 e. The molecule has 1 saturated carbocycles. The molecule has 1 unspecified atom stereocenters. The fourth-order valence-corrected chi connectivity index (χ4v) is 5.33. The van der Waals surface area contributed by atoms with Gasteiger partial charge in [0, 0.05) is 38.9 Å². The van der Waals surface area contributed by atoms with Crippen molar-refractivity contribution in [3.8, 4) is 0 Å². The summed E-state index contributed by atoms with van der Waals surface area (Å²) >= 11 is 0. The van der Waals surface area contributed by atoms with Gasteiger partial charge in [0.1, 0.15) is 11.9 Å². The first-order chi connectivity index (χ1) is 17.1. The lowest BCUT2D eigenvalue weighted by Gasteiger charge is -2.37. The molecule has 2 aliphatic heterocycles. The molecule has 0 N–H and O–H groups in total. The third-order valence-corrected chi connectivity index (χ3v) is 7.29. The zero-order chi connectivity index (χ0) is 24.2. The molecule has 0 radical (unpaired) electrons. The largest absolute Gasteiger partial charge is 0.459 e. The average molecular weight is 477 g/mol. The number of ether oxygens (including phenoxy) is 1. The molecule has 0 bridgehead atoms. The number of rotatable bonds is 7. The molecule has 3 heterocycles. The summed E-state index contributed by atoms with van der Waals surface area (Å²) in [6.07, 6.45) is 6.17. The van der Waals surface area contributed by atoms with Crippen molar-refractivity contribution in [2.45, 2.75) is 38.2 Å². The maximum atomic E-state index is 13.0. The van der Waals surface area contributed by atoms with Crippen LogP contribution in [0.1, 0.15) is 52.8 Å². The second-order valence-corrected chi connectivity index (χ2v) is 9.64. The number of esters is 1. The van der Waals surface area contributed by atoms with Crippen molar-refractivity contribution in [3.63, 3.8) is 0 Å². The minimum Gasteiger partial charge on any atom is -0.459 e. The SMILES string of the molecule is O=C(OC(CN1CCN(c2ccccn2)CC1)CN1C(=O)c2ccccc2C1=O)C1CCCCC1. The number of hydrogen-bond donors (Lipinski definition) is 0. The van der Waals surface area contributed by atoms with Crippen LogP contribution in [-0.4, -0.2) is 77.9 Å². The van der Waals surface area contributed by atoms with Crippen molar-refractivity contribution in [1.29, 1.82) is 0 Å². The Balaban J connectivity index is 1.26. The topological polar surface area (TPSA) is 83.1 Å². The Labute approximate surface area is 205 Å². The minimum absolute atomic E-state index is 0.0747. The van der Waals surface area contributed by atoms with Crippen molar-refractivity contribution >= 4 is 23.6 Å². The molecular weight excluding hydrogens is 444 g/mol. The summed E-state index contributed by atoms with van der Waals surface area (Å²) in [5.41, 5.74) is 0.831. The first kappa shape index (κ1) is 23.5. The average Bonchev–Trinajstić information content (AvgIpc) is 3.15. The van der Waals surface area contributed by atoms with E-state index in [2.05, 4.69) is 14.8 Å². The Morgan fingerprint density at radius 2 is 1.54 bits per heavy atom. The van der Waals surface area contributed by atoms with E-state index < -0.39 is 6.10 Å². The van der Waals surface area contributed by atoms with E-state index in [1.54, 1.807) is 30.5 Å². The van der Waals surface area contributed by atoms with Gasteiger partial charge in [-0.1, -0.05) is 37.5 Å². The smallest absolute Gasteiger partial charge is 0.309 e. The van der Waals surface area contributed by atoms with Gasteiger partial charge < -0.3 is 9.64 Å². The van der Waals surface area contributed by atoms with Gasteiger partial charge >= 0.3 is 5.97 Å². The second-order valence-electron chi connectivity index (χ2n) is 9.64. The van der Waals surface area contributed by atoms with E-state index in [0.29, 0.717) is 17.7 Å². The zero-order valence-corrected chi connectivity index (χ0v) is 20.0. The highest BCUT2D eigenvalue weighted by molar-refractivity contribution is 6.21. The van der Waals surface area contributed by atoms with Crippen molar-refractivity contribution in [3.05, 3.63) is 59.8 Å². The molecule has 3 aliphatic rings. The molecule has 0 spiro atoms. The van der Waals surface area contributed by atoms with Gasteiger partial charge in [-0.15, -0.1) is 0 Å². The molecule has 5 rings (SSSR count). The lowest BCUT2D eigenvalue weighted by Crippen LogP contribution is -2.51. The van der Waals surface area contributed by atoms with E-state index in [9.17, 15) is 14.4 Å². The van der Waals surface area contributed by atoms with Crippen molar-refractivity contribution < 1.29 is 19.1 Å². The Morgan fingerprint density at radius 3 is 2.17 bits per heavy atom. The molecule has 8 nitrogen and oxygen atoms in total. The summed E-state index contributed by atoms with van der Waals surface area (Å²) in [7, 11) is 0. The highest BCUT2D eigenvalue weighted by Crippen LogP contribution is 2.27. The Bertz CT molecular complexity index is 1030. The number of amides is 2. The van der Waals surface area contributed by atoms with Gasteiger partial charge in [0.15, 0.2) is 0 Å². The van der Waals surface area contributed by atoms with E-state index in [1.165, 1.54) is 4.90 Å². The van der Waals surface area contributed by atoms with E-state index in [4.69, 9.17) is 4.74 Å². The summed E-state index contributed by atoms with van der Waals surface area (Å²) in [6.45, 7) is 3.76. The minimum atomic E-state index is -0.562. The highest BCUT2D eigenvalue weighted by atomic mass is 16.5. The van der Waals surface area contributed by atoms with Crippen LogP contribution in [0.3, 0.4) is 0 Å². The fraction of sp³-hybridized carbons (Fsp3) is 0.481. The highest BCUT2D eigenvalue weighted by Gasteiger charge is 2.38. The number of anilines is 1. The molecule has 1 aromatic heterocycles. The van der Waals surface area contributed by atoms with Crippen LogP contribution in [0, 0.1) is 5.92 Å². The van der Waals surface area contributed by atoms with E-state index in [-0.39, 0.29) is 30.2 Å². The molecule has 1 atom stereocenters. The van der Waals surface area contributed by atoms with Crippen LogP contribution in [0.5, 0.6) is 0 Å². The van der Waals surface area contributed by atoms with Crippen LogP contribution >= 0.6 is 0 Å². The molecule has 184 valence electrons. The normalized spacial score (nSPS) is 20.1. The quantitative estimate of drug-likeness (QED) is 0.449. The number of benzene rings is 1. The number of imide groups is 1. The summed E-state index contributed by atoms with van der Waals surface area (Å²) in [6, 6.07) is 12.8. The third kappa shape index (κ3) is 5.22. The summed E-state index contributed by atoms with van der Waals surface area (Å²) in [4.78, 5) is 49.1. The predicted octanol–water partition coefficient (Wildman–Crippen LogP) is 2.99. The zero-order valence-electron chi connectivity index (χ0n) is 20.0. The number of nitrogens with zero attached hydrogens (tertiary/aromatic N) is 4. The molecule has 2 fully saturated rings. The number of carbonyl (C=O) groups excluding carboxylic acids is 3. The Kier molecular flexibility index (Phi) is 7.08. The predicted molar refractivity (Wildman–Crippen MR) is 131 cm³/mol. The summed E-state index contributed by atoms with van der Waals surface area (Å²) in [5, 5.41) is 0. The summed E-state index contributed by atoms with van der Waals surface area (Å²) in [5.74, 6) is 0.0416. The van der Waals surface area contributed by atoms with Crippen molar-refractivity contribution in [2.75, 3.05) is 44.2 Å². The van der Waals surface area contributed by atoms with Crippen LogP contribution in [0.15, 0.2) is 48.7 Å². The lowest BCUT2D eigenvalue weighted by atomic mass is 9.89. The third-order valence-electron chi connectivity index (χ3n) is 7.29. The molecule has 2 aromatic rings. The number of hydrogen-bond acceptors (Lipinski definition) is 7. The monoisotopic (exact) mass is 476 g/mol. The first-order valence-corrected chi connectivity index (χ1v) is 12.6. The van der Waals surface area contributed by atoms with Gasteiger partial charge in [0.05, 0.1) is 23.6 Å². The van der Waals surface area contributed by atoms with Gasteiger partial charge in [-0.3, -0.25) is 24.2 Å².